The zero-order valence-corrected chi connectivity index (χ0v) is 16.0. The maximum absolute atomic E-state index is 12.8. The first kappa shape index (κ1) is 17.4. The minimum atomic E-state index is -0.134. The Kier molecular flexibility index (Phi) is 4.67. The molecular formula is C19H24N4O2S. The highest BCUT2D eigenvalue weighted by atomic mass is 32.1. The van der Waals surface area contributed by atoms with Gasteiger partial charge in [0, 0.05) is 32.1 Å². The van der Waals surface area contributed by atoms with Gasteiger partial charge in [-0.3, -0.25) is 14.5 Å². The summed E-state index contributed by atoms with van der Waals surface area (Å²) in [5, 5.41) is 1.91. The van der Waals surface area contributed by atoms with Gasteiger partial charge in [-0.2, -0.15) is 0 Å². The monoisotopic (exact) mass is 372 g/mol. The van der Waals surface area contributed by atoms with Crippen LogP contribution < -0.4 is 5.56 Å². The molecule has 4 heterocycles. The van der Waals surface area contributed by atoms with Gasteiger partial charge >= 0.3 is 0 Å². The van der Waals surface area contributed by atoms with E-state index in [1.807, 2.05) is 22.4 Å². The number of rotatable bonds is 3. The summed E-state index contributed by atoms with van der Waals surface area (Å²) < 4.78 is 0. The number of aromatic nitrogens is 2. The summed E-state index contributed by atoms with van der Waals surface area (Å²) in [5.74, 6) is 0.683. The molecule has 1 saturated heterocycles. The molecule has 1 amide bonds. The zero-order valence-electron chi connectivity index (χ0n) is 15.2. The maximum atomic E-state index is 12.8. The molecule has 0 aliphatic carbocycles. The number of fused-ring (bicyclic) bond motifs is 1. The van der Waals surface area contributed by atoms with E-state index in [0.29, 0.717) is 25.0 Å². The molecule has 0 aromatic carbocycles. The number of likely N-dealkylation sites (tertiary alicyclic amines) is 1. The third-order valence-corrected chi connectivity index (χ3v) is 6.27. The molecule has 1 fully saturated rings. The molecule has 2 aliphatic heterocycles. The predicted molar refractivity (Wildman–Crippen MR) is 101 cm³/mol. The van der Waals surface area contributed by atoms with E-state index in [1.165, 1.54) is 11.3 Å². The molecule has 26 heavy (non-hydrogen) atoms. The van der Waals surface area contributed by atoms with Crippen molar-refractivity contribution in [3.8, 4) is 0 Å². The van der Waals surface area contributed by atoms with Gasteiger partial charge in [0.1, 0.15) is 5.82 Å². The van der Waals surface area contributed by atoms with Crippen LogP contribution in [0.5, 0.6) is 0 Å². The minimum Gasteiger partial charge on any atom is -0.328 e. The highest BCUT2D eigenvalue weighted by Crippen LogP contribution is 2.32. The molecule has 6 nitrogen and oxygen atoms in total. The largest absolute Gasteiger partial charge is 0.328 e. The molecule has 0 bridgehead atoms. The van der Waals surface area contributed by atoms with Crippen molar-refractivity contribution in [2.75, 3.05) is 13.1 Å². The van der Waals surface area contributed by atoms with E-state index in [-0.39, 0.29) is 17.5 Å². The average Bonchev–Trinajstić information content (AvgIpc) is 3.32. The van der Waals surface area contributed by atoms with Gasteiger partial charge in [-0.05, 0) is 38.1 Å². The number of aromatic amines is 1. The minimum absolute atomic E-state index is 0.0360. The van der Waals surface area contributed by atoms with E-state index in [4.69, 9.17) is 4.98 Å². The van der Waals surface area contributed by atoms with E-state index in [9.17, 15) is 9.59 Å². The Hall–Kier alpha value is -1.99. The van der Waals surface area contributed by atoms with E-state index in [1.54, 1.807) is 0 Å². The first-order chi connectivity index (χ1) is 12.5. The molecule has 7 heteroatoms. The number of nitrogens with zero attached hydrogens (tertiary/aromatic N) is 3. The van der Waals surface area contributed by atoms with Crippen LogP contribution in [0, 0.1) is 0 Å². The molecule has 0 spiro atoms. The van der Waals surface area contributed by atoms with Crippen molar-refractivity contribution in [1.82, 2.24) is 19.8 Å². The Bertz CT molecular complexity index is 859. The van der Waals surface area contributed by atoms with Crippen molar-refractivity contribution in [2.45, 2.75) is 51.7 Å². The maximum Gasteiger partial charge on any atom is 0.264 e. The van der Waals surface area contributed by atoms with Crippen LogP contribution in [-0.4, -0.2) is 44.8 Å². The fourth-order valence-electron chi connectivity index (χ4n) is 3.90. The summed E-state index contributed by atoms with van der Waals surface area (Å²) in [6, 6.07) is 4.02. The number of hydrogen-bond acceptors (Lipinski definition) is 5. The third-order valence-electron chi connectivity index (χ3n) is 5.41. The van der Waals surface area contributed by atoms with Crippen LogP contribution in [0.25, 0.3) is 0 Å². The quantitative estimate of drug-likeness (QED) is 0.899. The smallest absolute Gasteiger partial charge is 0.264 e. The molecular weight excluding hydrogens is 348 g/mol. The highest BCUT2D eigenvalue weighted by Gasteiger charge is 2.34. The van der Waals surface area contributed by atoms with Gasteiger partial charge in [0.15, 0.2) is 0 Å². The fraction of sp³-hybridized carbons (Fsp3) is 0.526. The molecule has 138 valence electrons. The topological polar surface area (TPSA) is 69.3 Å². The summed E-state index contributed by atoms with van der Waals surface area (Å²) in [7, 11) is 0. The molecule has 2 aromatic rings. The molecule has 0 saturated carbocycles. The Balaban J connectivity index is 1.63. The standard InChI is InChI=1S/C19H24N4O2S/c1-12(2)22-9-7-14-13(11-22)18(24)21-17(20-14)15-5-3-8-23(15)19(25)16-6-4-10-26-16/h4,6,10,12,15H,3,5,7-9,11H2,1-2H3,(H,20,21,24)/t15-/m1/s1. The molecule has 1 atom stereocenters. The second kappa shape index (κ2) is 6.96. The van der Waals surface area contributed by atoms with Crippen LogP contribution in [0.2, 0.25) is 0 Å². The summed E-state index contributed by atoms with van der Waals surface area (Å²) in [5.41, 5.74) is 1.63. The fourth-order valence-corrected chi connectivity index (χ4v) is 4.58. The number of nitrogens with one attached hydrogen (secondary N) is 1. The van der Waals surface area contributed by atoms with Crippen molar-refractivity contribution < 1.29 is 4.79 Å². The van der Waals surface area contributed by atoms with Gasteiger partial charge in [0.25, 0.3) is 11.5 Å². The number of hydrogen-bond donors (Lipinski definition) is 1. The van der Waals surface area contributed by atoms with Crippen molar-refractivity contribution >= 4 is 17.2 Å². The van der Waals surface area contributed by atoms with Crippen LogP contribution in [-0.2, 0) is 13.0 Å². The highest BCUT2D eigenvalue weighted by molar-refractivity contribution is 7.12. The number of carbonyl (C=O) groups excluding carboxylic acids is 1. The lowest BCUT2D eigenvalue weighted by Gasteiger charge is -2.31. The summed E-state index contributed by atoms with van der Waals surface area (Å²) in [4.78, 5) is 38.2. The Labute approximate surface area is 156 Å². The molecule has 2 aromatic heterocycles. The molecule has 4 rings (SSSR count). The lowest BCUT2D eigenvalue weighted by molar-refractivity contribution is 0.0734. The van der Waals surface area contributed by atoms with Crippen LogP contribution >= 0.6 is 11.3 Å². The molecule has 2 aliphatic rings. The predicted octanol–water partition coefficient (Wildman–Crippen LogP) is 2.58. The van der Waals surface area contributed by atoms with E-state index in [2.05, 4.69) is 23.7 Å². The Morgan fingerprint density at radius 1 is 1.38 bits per heavy atom. The normalized spacial score (nSPS) is 20.6. The number of carbonyl (C=O) groups is 1. The van der Waals surface area contributed by atoms with Crippen molar-refractivity contribution in [3.05, 3.63) is 49.8 Å². The number of H-pyrrole nitrogens is 1. The summed E-state index contributed by atoms with van der Waals surface area (Å²) in [6.07, 6.45) is 2.57. The second-order valence-electron chi connectivity index (χ2n) is 7.32. The summed E-state index contributed by atoms with van der Waals surface area (Å²) in [6.45, 7) is 6.58. The van der Waals surface area contributed by atoms with Crippen LogP contribution in [0.3, 0.4) is 0 Å². The average molecular weight is 372 g/mol. The van der Waals surface area contributed by atoms with E-state index in [0.717, 1.165) is 41.9 Å². The third kappa shape index (κ3) is 3.10. The van der Waals surface area contributed by atoms with Crippen molar-refractivity contribution in [1.29, 1.82) is 0 Å². The number of amides is 1. The van der Waals surface area contributed by atoms with Gasteiger partial charge < -0.3 is 9.88 Å². The van der Waals surface area contributed by atoms with Crippen LogP contribution in [0.4, 0.5) is 0 Å². The molecule has 0 unspecified atom stereocenters. The van der Waals surface area contributed by atoms with Gasteiger partial charge in [-0.15, -0.1) is 11.3 Å². The van der Waals surface area contributed by atoms with Gasteiger partial charge in [-0.25, -0.2) is 4.98 Å². The van der Waals surface area contributed by atoms with E-state index < -0.39 is 0 Å². The first-order valence-corrected chi connectivity index (χ1v) is 10.1. The summed E-state index contributed by atoms with van der Waals surface area (Å²) >= 11 is 1.45. The van der Waals surface area contributed by atoms with Gasteiger partial charge in [-0.1, -0.05) is 6.07 Å². The lowest BCUT2D eigenvalue weighted by atomic mass is 10.0. The van der Waals surface area contributed by atoms with Crippen molar-refractivity contribution in [2.24, 2.45) is 0 Å². The number of thiophene rings is 1. The van der Waals surface area contributed by atoms with Crippen LogP contribution in [0.1, 0.15) is 59.5 Å². The Morgan fingerprint density at radius 3 is 2.96 bits per heavy atom. The second-order valence-corrected chi connectivity index (χ2v) is 8.27. The zero-order chi connectivity index (χ0) is 18.3. The van der Waals surface area contributed by atoms with Crippen LogP contribution in [0.15, 0.2) is 22.3 Å². The van der Waals surface area contributed by atoms with Crippen molar-refractivity contribution in [3.63, 3.8) is 0 Å². The molecule has 1 N–H and O–H groups in total. The van der Waals surface area contributed by atoms with Gasteiger partial charge in [0.2, 0.25) is 0 Å². The SMILES string of the molecule is CC(C)N1CCc2nc([C@H]3CCCN3C(=O)c3cccs3)[nH]c(=O)c2C1. The molecule has 0 radical (unpaired) electrons. The Morgan fingerprint density at radius 2 is 2.23 bits per heavy atom. The lowest BCUT2D eigenvalue weighted by Crippen LogP contribution is -2.40. The van der Waals surface area contributed by atoms with E-state index >= 15 is 0 Å². The van der Waals surface area contributed by atoms with Gasteiger partial charge in [0.05, 0.1) is 22.2 Å². The first-order valence-electron chi connectivity index (χ1n) is 9.25.